The van der Waals surface area contributed by atoms with Gasteiger partial charge in [0.1, 0.15) is 17.0 Å². The van der Waals surface area contributed by atoms with E-state index in [4.69, 9.17) is 0 Å². The fourth-order valence-corrected chi connectivity index (χ4v) is 5.87. The minimum Gasteiger partial charge on any atom is -0.355 e. The second kappa shape index (κ2) is 6.91. The van der Waals surface area contributed by atoms with Gasteiger partial charge in [0.25, 0.3) is 0 Å². The topological polar surface area (TPSA) is 50.1 Å². The van der Waals surface area contributed by atoms with Crippen LogP contribution in [0.15, 0.2) is 24.9 Å². The first-order valence-electron chi connectivity index (χ1n) is 9.98. The molecule has 0 unspecified atom stereocenters. The van der Waals surface area contributed by atoms with E-state index in [0.29, 0.717) is 10.9 Å². The highest BCUT2D eigenvalue weighted by Gasteiger charge is 2.49. The number of likely N-dealkylation sites (tertiary alicyclic amines) is 1. The van der Waals surface area contributed by atoms with E-state index in [1.54, 1.807) is 6.07 Å². The molecule has 1 atom stereocenters. The lowest BCUT2D eigenvalue weighted by Crippen LogP contribution is -2.58. The van der Waals surface area contributed by atoms with Gasteiger partial charge in [-0.1, -0.05) is 0 Å². The number of alkyl halides is 3. The molecular weight excluding hydrogens is 413 g/mol. The van der Waals surface area contributed by atoms with Gasteiger partial charge in [0.15, 0.2) is 0 Å². The zero-order valence-electron chi connectivity index (χ0n) is 16.9. The van der Waals surface area contributed by atoms with E-state index in [1.807, 2.05) is 19.6 Å². The Bertz CT molecular complexity index is 1070. The summed E-state index contributed by atoms with van der Waals surface area (Å²) in [7, 11) is 2.01. The first-order chi connectivity index (χ1) is 14.2. The molecule has 3 aromatic heterocycles. The number of rotatable bonds is 4. The van der Waals surface area contributed by atoms with Gasteiger partial charge in [-0.2, -0.15) is 13.2 Å². The van der Waals surface area contributed by atoms with Crippen LogP contribution in [0.3, 0.4) is 0 Å². The van der Waals surface area contributed by atoms with E-state index < -0.39 is 12.6 Å². The van der Waals surface area contributed by atoms with E-state index in [9.17, 15) is 13.2 Å². The fourth-order valence-electron chi connectivity index (χ4n) is 4.85. The molecular formula is C20H23F3N6S. The van der Waals surface area contributed by atoms with Crippen LogP contribution >= 0.6 is 11.3 Å². The van der Waals surface area contributed by atoms with Crippen LogP contribution in [0.2, 0.25) is 0 Å². The highest BCUT2D eigenvalue weighted by Crippen LogP contribution is 2.45. The third kappa shape index (κ3) is 3.45. The molecule has 0 bridgehead atoms. The molecule has 5 heterocycles. The summed E-state index contributed by atoms with van der Waals surface area (Å²) in [5.74, 6) is 0.764. The predicted octanol–water partition coefficient (Wildman–Crippen LogP) is 3.80. The van der Waals surface area contributed by atoms with Crippen LogP contribution < -0.4 is 4.90 Å². The molecule has 10 heteroatoms. The summed E-state index contributed by atoms with van der Waals surface area (Å²) >= 11 is 1.11. The molecule has 3 aromatic rings. The van der Waals surface area contributed by atoms with Gasteiger partial charge >= 0.3 is 6.18 Å². The fraction of sp³-hybridized carbons (Fsp3) is 0.550. The molecule has 0 aliphatic carbocycles. The number of hydrogen-bond acceptors (Lipinski definition) is 6. The lowest BCUT2D eigenvalue weighted by Gasteiger charge is -2.50. The third-order valence-electron chi connectivity index (χ3n) is 6.38. The molecule has 6 nitrogen and oxygen atoms in total. The molecule has 2 aliphatic heterocycles. The summed E-state index contributed by atoms with van der Waals surface area (Å²) in [5, 5.41) is 0.734. The van der Waals surface area contributed by atoms with E-state index in [1.165, 1.54) is 12.0 Å². The van der Waals surface area contributed by atoms with Crippen molar-refractivity contribution in [3.05, 3.63) is 35.5 Å². The molecule has 2 saturated heterocycles. The largest absolute Gasteiger partial charge is 0.393 e. The summed E-state index contributed by atoms with van der Waals surface area (Å²) in [6, 6.07) is 1.93. The van der Waals surface area contributed by atoms with E-state index in [-0.39, 0.29) is 10.3 Å². The van der Waals surface area contributed by atoms with Crippen LogP contribution in [-0.4, -0.2) is 56.8 Å². The maximum atomic E-state index is 12.8. The van der Waals surface area contributed by atoms with Gasteiger partial charge in [0, 0.05) is 55.8 Å². The lowest BCUT2D eigenvalue weighted by molar-refractivity contribution is -0.126. The number of thiophene rings is 1. The Balaban J connectivity index is 1.31. The van der Waals surface area contributed by atoms with Gasteiger partial charge in [-0.15, -0.1) is 11.3 Å². The number of aromatic nitrogens is 4. The van der Waals surface area contributed by atoms with E-state index >= 15 is 0 Å². The quantitative estimate of drug-likeness (QED) is 0.623. The van der Waals surface area contributed by atoms with Crippen molar-refractivity contribution in [2.24, 2.45) is 12.5 Å². The normalized spacial score (nSPS) is 20.2. The molecule has 0 aromatic carbocycles. The highest BCUT2D eigenvalue weighted by molar-refractivity contribution is 7.18. The molecule has 0 N–H and O–H groups in total. The summed E-state index contributed by atoms with van der Waals surface area (Å²) in [6.07, 6.45) is 1.14. The van der Waals surface area contributed by atoms with Crippen molar-refractivity contribution < 1.29 is 13.2 Å². The van der Waals surface area contributed by atoms with Crippen molar-refractivity contribution >= 4 is 27.4 Å². The van der Waals surface area contributed by atoms with Gasteiger partial charge in [-0.25, -0.2) is 15.0 Å². The number of aryl methyl sites for hydroxylation is 1. The van der Waals surface area contributed by atoms with Gasteiger partial charge in [-0.3, -0.25) is 4.90 Å². The Labute approximate surface area is 176 Å². The van der Waals surface area contributed by atoms with Gasteiger partial charge < -0.3 is 9.47 Å². The Morgan fingerprint density at radius 2 is 2.03 bits per heavy atom. The summed E-state index contributed by atoms with van der Waals surface area (Å²) in [4.78, 5) is 18.5. The zero-order chi connectivity index (χ0) is 21.1. The third-order valence-corrected chi connectivity index (χ3v) is 7.42. The van der Waals surface area contributed by atoms with Crippen LogP contribution in [0, 0.1) is 5.41 Å². The Morgan fingerprint density at radius 3 is 2.73 bits per heavy atom. The molecule has 160 valence electrons. The van der Waals surface area contributed by atoms with Crippen LogP contribution in [0.25, 0.3) is 10.2 Å². The number of anilines is 1. The maximum absolute atomic E-state index is 12.8. The van der Waals surface area contributed by atoms with Gasteiger partial charge in [0.05, 0.1) is 23.8 Å². The zero-order valence-corrected chi connectivity index (χ0v) is 17.7. The molecule has 2 aliphatic rings. The Hall–Kier alpha value is -2.20. The average Bonchev–Trinajstić information content (AvgIpc) is 3.35. The molecule has 1 spiro atoms. The number of halogens is 3. The first kappa shape index (κ1) is 19.7. The van der Waals surface area contributed by atoms with Crippen LogP contribution in [-0.2, 0) is 13.5 Å². The highest BCUT2D eigenvalue weighted by atomic mass is 32.1. The smallest absolute Gasteiger partial charge is 0.355 e. The van der Waals surface area contributed by atoms with Crippen LogP contribution in [0.5, 0.6) is 0 Å². The molecule has 0 amide bonds. The summed E-state index contributed by atoms with van der Waals surface area (Å²) < 4.78 is 40.5. The van der Waals surface area contributed by atoms with Crippen molar-refractivity contribution in [3.63, 3.8) is 0 Å². The van der Waals surface area contributed by atoms with Crippen molar-refractivity contribution in [1.29, 1.82) is 0 Å². The second-order valence-corrected chi connectivity index (χ2v) is 9.72. The molecule has 30 heavy (non-hydrogen) atoms. The van der Waals surface area contributed by atoms with Crippen molar-refractivity contribution in [3.8, 4) is 0 Å². The van der Waals surface area contributed by atoms with Gasteiger partial charge in [0.2, 0.25) is 0 Å². The van der Waals surface area contributed by atoms with Gasteiger partial charge in [-0.05, 0) is 19.4 Å². The minimum absolute atomic E-state index is 0.217. The number of nitrogens with zero attached hydrogens (tertiary/aromatic N) is 6. The molecule has 0 radical (unpaired) electrons. The monoisotopic (exact) mass is 436 g/mol. The molecule has 0 saturated carbocycles. The second-order valence-electron chi connectivity index (χ2n) is 8.60. The first-order valence-corrected chi connectivity index (χ1v) is 10.8. The number of imidazole rings is 1. The molecule has 2 fully saturated rings. The Kier molecular flexibility index (Phi) is 4.55. The van der Waals surface area contributed by atoms with Crippen LogP contribution in [0.1, 0.15) is 30.0 Å². The maximum Gasteiger partial charge on any atom is 0.393 e. The average molecular weight is 437 g/mol. The molecule has 5 rings (SSSR count). The summed E-state index contributed by atoms with van der Waals surface area (Å²) in [6.45, 7) is 5.96. The van der Waals surface area contributed by atoms with E-state index in [2.05, 4.69) is 36.2 Å². The lowest BCUT2D eigenvalue weighted by atomic mass is 9.78. The van der Waals surface area contributed by atoms with Crippen molar-refractivity contribution in [1.82, 2.24) is 24.4 Å². The standard InChI is InChI=1S/C20H23F3N6S/c1-13(16-7-24-12-27(16)2)29-9-19(10-29)3-4-28(8-19)17-15-5-14(6-20(21,22)23)30-18(15)26-11-25-17/h5,7,11-13H,3-4,6,8-10H2,1-2H3/t13-/m0/s1. The minimum atomic E-state index is -4.22. The summed E-state index contributed by atoms with van der Waals surface area (Å²) in [5.41, 5.74) is 1.42. The SMILES string of the molecule is C[C@@H](c1cncn1C)N1CC2(CCN(c3ncnc4sc(CC(F)(F)F)cc34)C2)C1. The predicted molar refractivity (Wildman–Crippen MR) is 110 cm³/mol. The van der Waals surface area contributed by atoms with Crippen LogP contribution in [0.4, 0.5) is 19.0 Å². The number of hydrogen-bond donors (Lipinski definition) is 0. The van der Waals surface area contributed by atoms with Crippen molar-refractivity contribution in [2.75, 3.05) is 31.1 Å². The van der Waals surface area contributed by atoms with Crippen molar-refractivity contribution in [2.45, 2.75) is 32.0 Å². The Morgan fingerprint density at radius 1 is 1.23 bits per heavy atom. The number of fused-ring (bicyclic) bond motifs is 1. The van der Waals surface area contributed by atoms with E-state index in [0.717, 1.165) is 55.1 Å².